The minimum atomic E-state index is 0.214. The molecule has 0 amide bonds. The van der Waals surface area contributed by atoms with Crippen LogP contribution in [0.3, 0.4) is 0 Å². The van der Waals surface area contributed by atoms with Crippen molar-refractivity contribution in [3.05, 3.63) is 66.1 Å². The SMILES string of the molecule is Cc1cc(-c2cn3c(-c4cccc(O)c4)cnc3cn2)cc(C)c1O. The number of benzene rings is 2. The molecule has 5 nitrogen and oxygen atoms in total. The van der Waals surface area contributed by atoms with Crippen molar-refractivity contribution in [1.29, 1.82) is 0 Å². The summed E-state index contributed by atoms with van der Waals surface area (Å²) in [5, 5.41) is 19.7. The molecule has 0 saturated carbocycles. The summed E-state index contributed by atoms with van der Waals surface area (Å²) >= 11 is 0. The summed E-state index contributed by atoms with van der Waals surface area (Å²) in [4.78, 5) is 8.89. The van der Waals surface area contributed by atoms with E-state index in [0.29, 0.717) is 5.75 Å². The van der Waals surface area contributed by atoms with Crippen molar-refractivity contribution in [3.63, 3.8) is 0 Å². The van der Waals surface area contributed by atoms with Crippen LogP contribution in [0.4, 0.5) is 0 Å². The summed E-state index contributed by atoms with van der Waals surface area (Å²) in [6, 6.07) is 10.9. The van der Waals surface area contributed by atoms with E-state index in [1.165, 1.54) is 0 Å². The van der Waals surface area contributed by atoms with E-state index in [0.717, 1.165) is 39.3 Å². The Kier molecular flexibility index (Phi) is 3.42. The van der Waals surface area contributed by atoms with Crippen LogP contribution in [-0.2, 0) is 0 Å². The van der Waals surface area contributed by atoms with Gasteiger partial charge in [-0.05, 0) is 49.2 Å². The zero-order chi connectivity index (χ0) is 17.6. The number of fused-ring (bicyclic) bond motifs is 1. The van der Waals surface area contributed by atoms with E-state index in [9.17, 15) is 10.2 Å². The van der Waals surface area contributed by atoms with Gasteiger partial charge in [-0.3, -0.25) is 9.38 Å². The van der Waals surface area contributed by atoms with Crippen molar-refractivity contribution in [2.24, 2.45) is 0 Å². The van der Waals surface area contributed by atoms with E-state index in [-0.39, 0.29) is 5.75 Å². The number of hydrogen-bond donors (Lipinski definition) is 2. The van der Waals surface area contributed by atoms with E-state index in [1.54, 1.807) is 30.6 Å². The van der Waals surface area contributed by atoms with Crippen LogP contribution >= 0.6 is 0 Å². The minimum absolute atomic E-state index is 0.214. The van der Waals surface area contributed by atoms with Gasteiger partial charge in [0.15, 0.2) is 5.65 Å². The first-order chi connectivity index (χ1) is 12.0. The summed E-state index contributed by atoms with van der Waals surface area (Å²) in [6.07, 6.45) is 5.41. The predicted molar refractivity (Wildman–Crippen MR) is 96.7 cm³/mol. The molecule has 0 saturated heterocycles. The molecule has 0 fully saturated rings. The molecule has 25 heavy (non-hydrogen) atoms. The quantitative estimate of drug-likeness (QED) is 0.580. The fourth-order valence-electron chi connectivity index (χ4n) is 3.02. The Balaban J connectivity index is 1.89. The van der Waals surface area contributed by atoms with Crippen LogP contribution in [0, 0.1) is 13.8 Å². The Labute approximate surface area is 144 Å². The van der Waals surface area contributed by atoms with Gasteiger partial charge in [-0.15, -0.1) is 0 Å². The van der Waals surface area contributed by atoms with Crippen LogP contribution in [0.15, 0.2) is 55.0 Å². The number of rotatable bonds is 2. The highest BCUT2D eigenvalue weighted by Gasteiger charge is 2.11. The maximum atomic E-state index is 9.98. The second kappa shape index (κ2) is 5.63. The summed E-state index contributed by atoms with van der Waals surface area (Å²) in [5.74, 6) is 0.527. The lowest BCUT2D eigenvalue weighted by atomic mass is 10.0. The summed E-state index contributed by atoms with van der Waals surface area (Å²) < 4.78 is 1.95. The maximum Gasteiger partial charge on any atom is 0.155 e. The van der Waals surface area contributed by atoms with Gasteiger partial charge in [0.2, 0.25) is 0 Å². The molecule has 5 heteroatoms. The van der Waals surface area contributed by atoms with E-state index in [2.05, 4.69) is 9.97 Å². The fourth-order valence-corrected chi connectivity index (χ4v) is 3.02. The van der Waals surface area contributed by atoms with Crippen LogP contribution in [0.25, 0.3) is 28.2 Å². The van der Waals surface area contributed by atoms with Crippen LogP contribution in [0.5, 0.6) is 11.5 Å². The lowest BCUT2D eigenvalue weighted by Crippen LogP contribution is -1.94. The van der Waals surface area contributed by atoms with E-state index in [4.69, 9.17) is 0 Å². The summed E-state index contributed by atoms with van der Waals surface area (Å²) in [7, 11) is 0. The van der Waals surface area contributed by atoms with Crippen LogP contribution < -0.4 is 0 Å². The molecule has 0 radical (unpaired) electrons. The molecule has 2 aromatic carbocycles. The van der Waals surface area contributed by atoms with Gasteiger partial charge in [-0.25, -0.2) is 4.98 Å². The zero-order valence-electron chi connectivity index (χ0n) is 13.9. The largest absolute Gasteiger partial charge is 0.508 e. The average Bonchev–Trinajstić information content (AvgIpc) is 3.02. The van der Waals surface area contributed by atoms with E-state index in [1.807, 2.05) is 42.6 Å². The lowest BCUT2D eigenvalue weighted by Gasteiger charge is -2.09. The van der Waals surface area contributed by atoms with Crippen molar-refractivity contribution in [2.75, 3.05) is 0 Å². The Morgan fingerprint density at radius 3 is 2.36 bits per heavy atom. The first-order valence-electron chi connectivity index (χ1n) is 7.96. The molecule has 4 aromatic rings. The molecule has 0 aliphatic heterocycles. The summed E-state index contributed by atoms with van der Waals surface area (Å²) in [5.41, 5.74) is 5.84. The van der Waals surface area contributed by atoms with E-state index >= 15 is 0 Å². The van der Waals surface area contributed by atoms with Gasteiger partial charge >= 0.3 is 0 Å². The molecule has 0 bridgehead atoms. The average molecular weight is 331 g/mol. The minimum Gasteiger partial charge on any atom is -0.508 e. The van der Waals surface area contributed by atoms with Crippen LogP contribution in [0.1, 0.15) is 11.1 Å². The van der Waals surface area contributed by atoms with Crippen molar-refractivity contribution >= 4 is 5.65 Å². The van der Waals surface area contributed by atoms with E-state index < -0.39 is 0 Å². The molecule has 2 aromatic heterocycles. The lowest BCUT2D eigenvalue weighted by molar-refractivity contribution is 0.467. The highest BCUT2D eigenvalue weighted by Crippen LogP contribution is 2.29. The molecule has 0 aliphatic carbocycles. The number of hydrogen-bond acceptors (Lipinski definition) is 4. The third-order valence-corrected chi connectivity index (χ3v) is 4.32. The number of nitrogens with zero attached hydrogens (tertiary/aromatic N) is 3. The maximum absolute atomic E-state index is 9.98. The second-order valence-electron chi connectivity index (χ2n) is 6.15. The number of aromatic nitrogens is 3. The predicted octanol–water partition coefficient (Wildman–Crippen LogP) is 4.09. The van der Waals surface area contributed by atoms with Crippen molar-refractivity contribution in [3.8, 4) is 34.0 Å². The molecule has 2 heterocycles. The van der Waals surface area contributed by atoms with Gasteiger partial charge < -0.3 is 10.2 Å². The zero-order valence-corrected chi connectivity index (χ0v) is 13.9. The molecule has 2 N–H and O–H groups in total. The highest BCUT2D eigenvalue weighted by molar-refractivity contribution is 5.68. The molecular weight excluding hydrogens is 314 g/mol. The van der Waals surface area contributed by atoms with Gasteiger partial charge in [0.25, 0.3) is 0 Å². The topological polar surface area (TPSA) is 70.7 Å². The van der Waals surface area contributed by atoms with Gasteiger partial charge in [-0.2, -0.15) is 0 Å². The molecule has 0 unspecified atom stereocenters. The van der Waals surface area contributed by atoms with Crippen molar-refractivity contribution < 1.29 is 10.2 Å². The monoisotopic (exact) mass is 331 g/mol. The van der Waals surface area contributed by atoms with Gasteiger partial charge in [0.05, 0.1) is 23.8 Å². The second-order valence-corrected chi connectivity index (χ2v) is 6.15. The third-order valence-electron chi connectivity index (χ3n) is 4.32. The van der Waals surface area contributed by atoms with Crippen molar-refractivity contribution in [2.45, 2.75) is 13.8 Å². The molecule has 124 valence electrons. The summed E-state index contributed by atoms with van der Waals surface area (Å²) in [6.45, 7) is 3.75. The smallest absolute Gasteiger partial charge is 0.155 e. The molecule has 0 atom stereocenters. The van der Waals surface area contributed by atoms with Crippen LogP contribution in [0.2, 0.25) is 0 Å². The van der Waals surface area contributed by atoms with Gasteiger partial charge in [0.1, 0.15) is 11.5 Å². The first-order valence-corrected chi connectivity index (χ1v) is 7.96. The Morgan fingerprint density at radius 2 is 1.64 bits per heavy atom. The Morgan fingerprint density at radius 1 is 0.880 bits per heavy atom. The van der Waals surface area contributed by atoms with Crippen LogP contribution in [-0.4, -0.2) is 24.6 Å². The molecule has 4 rings (SSSR count). The Bertz CT molecular complexity index is 1080. The fraction of sp³-hybridized carbons (Fsp3) is 0.100. The standard InChI is InChI=1S/C20H17N3O2/c1-12-6-15(7-13(2)20(12)25)17-11-23-18(9-22-19(23)10-21-17)14-4-3-5-16(24)8-14/h3-11,24-25H,1-2H3. The number of imidazole rings is 1. The number of aromatic hydroxyl groups is 2. The molecule has 0 spiro atoms. The molecule has 0 aliphatic rings. The Hall–Kier alpha value is -3.34. The van der Waals surface area contributed by atoms with Gasteiger partial charge in [-0.1, -0.05) is 12.1 Å². The number of phenols is 2. The number of phenolic OH excluding ortho intramolecular Hbond substituents is 2. The molecular formula is C20H17N3O2. The van der Waals surface area contributed by atoms with Crippen molar-refractivity contribution in [1.82, 2.24) is 14.4 Å². The highest BCUT2D eigenvalue weighted by atomic mass is 16.3. The van der Waals surface area contributed by atoms with Gasteiger partial charge in [0, 0.05) is 17.3 Å². The third kappa shape index (κ3) is 2.59. The first kappa shape index (κ1) is 15.2. The number of aryl methyl sites for hydroxylation is 2. The normalized spacial score (nSPS) is 11.1.